The van der Waals surface area contributed by atoms with E-state index < -0.39 is 0 Å². The van der Waals surface area contributed by atoms with Crippen molar-refractivity contribution < 1.29 is 4.42 Å². The van der Waals surface area contributed by atoms with Gasteiger partial charge in [-0.15, -0.1) is 0 Å². The second-order valence-corrected chi connectivity index (χ2v) is 3.88. The highest BCUT2D eigenvalue weighted by molar-refractivity contribution is 5.19. The summed E-state index contributed by atoms with van der Waals surface area (Å²) in [4.78, 5) is 4.23. The Morgan fingerprint density at radius 1 is 1.59 bits per heavy atom. The van der Waals surface area contributed by atoms with Gasteiger partial charge in [-0.25, -0.2) is 10.4 Å². The summed E-state index contributed by atoms with van der Waals surface area (Å²) in [7, 11) is 0. The Bertz CT molecular complexity index is 476. The molecule has 3 N–H and O–H groups in total. The number of nitrogens with two attached hydrogens (primary N) is 1. The zero-order chi connectivity index (χ0) is 12.3. The Kier molecular flexibility index (Phi) is 3.55. The second-order valence-electron chi connectivity index (χ2n) is 3.88. The third-order valence-corrected chi connectivity index (χ3v) is 2.80. The average Bonchev–Trinajstić information content (AvgIpc) is 2.94. The standard InChI is InChI=1S/C11H17N5O/c1-3-16-10(13-7-14-16)6-9(15-12)11-8(2)4-5-17-11/h4-5,7,9,15H,3,6,12H2,1-2H3. The van der Waals surface area contributed by atoms with Crippen molar-refractivity contribution in [2.45, 2.75) is 32.9 Å². The fourth-order valence-electron chi connectivity index (χ4n) is 1.86. The molecule has 2 rings (SSSR count). The van der Waals surface area contributed by atoms with Gasteiger partial charge in [0.1, 0.15) is 17.9 Å². The number of hydrazine groups is 1. The van der Waals surface area contributed by atoms with E-state index in [1.807, 2.05) is 24.6 Å². The van der Waals surface area contributed by atoms with Crippen LogP contribution in [0.1, 0.15) is 30.1 Å². The van der Waals surface area contributed by atoms with Crippen molar-refractivity contribution >= 4 is 0 Å². The van der Waals surface area contributed by atoms with Gasteiger partial charge < -0.3 is 4.42 Å². The molecule has 0 bridgehead atoms. The molecule has 1 unspecified atom stereocenters. The van der Waals surface area contributed by atoms with Gasteiger partial charge in [0.25, 0.3) is 0 Å². The molecule has 17 heavy (non-hydrogen) atoms. The Morgan fingerprint density at radius 2 is 2.41 bits per heavy atom. The first-order valence-corrected chi connectivity index (χ1v) is 5.63. The van der Waals surface area contributed by atoms with Gasteiger partial charge in [-0.2, -0.15) is 5.10 Å². The number of nitrogens with zero attached hydrogens (tertiary/aromatic N) is 3. The molecule has 0 saturated carbocycles. The summed E-state index contributed by atoms with van der Waals surface area (Å²) in [5.74, 6) is 7.31. The molecule has 0 saturated heterocycles. The molecule has 2 aromatic heterocycles. The van der Waals surface area contributed by atoms with Crippen molar-refractivity contribution in [3.8, 4) is 0 Å². The lowest BCUT2D eigenvalue weighted by Crippen LogP contribution is -2.30. The first-order valence-electron chi connectivity index (χ1n) is 5.63. The van der Waals surface area contributed by atoms with E-state index in [1.54, 1.807) is 12.6 Å². The maximum atomic E-state index is 5.57. The number of hydrogen-bond donors (Lipinski definition) is 2. The Hall–Kier alpha value is -1.66. The molecule has 92 valence electrons. The normalized spacial score (nSPS) is 12.9. The van der Waals surface area contributed by atoms with Crippen LogP contribution in [0.3, 0.4) is 0 Å². The summed E-state index contributed by atoms with van der Waals surface area (Å²) >= 11 is 0. The summed E-state index contributed by atoms with van der Waals surface area (Å²) in [6.07, 6.45) is 3.87. The summed E-state index contributed by atoms with van der Waals surface area (Å²) in [6, 6.07) is 1.84. The molecule has 0 aliphatic heterocycles. The number of furan rings is 1. The molecule has 0 spiro atoms. The van der Waals surface area contributed by atoms with Crippen molar-refractivity contribution in [3.63, 3.8) is 0 Å². The molecule has 6 nitrogen and oxygen atoms in total. The van der Waals surface area contributed by atoms with Crippen LogP contribution < -0.4 is 11.3 Å². The molecular formula is C11H17N5O. The molecule has 2 aromatic rings. The van der Waals surface area contributed by atoms with Crippen molar-refractivity contribution in [2.75, 3.05) is 0 Å². The van der Waals surface area contributed by atoms with Crippen LogP contribution in [0.15, 0.2) is 23.1 Å². The van der Waals surface area contributed by atoms with E-state index in [-0.39, 0.29) is 6.04 Å². The van der Waals surface area contributed by atoms with E-state index in [0.717, 1.165) is 23.7 Å². The molecule has 6 heteroatoms. The third kappa shape index (κ3) is 2.37. The zero-order valence-electron chi connectivity index (χ0n) is 10.1. The molecule has 0 aromatic carbocycles. The van der Waals surface area contributed by atoms with Crippen LogP contribution in [0, 0.1) is 6.92 Å². The molecule has 0 radical (unpaired) electrons. The molecular weight excluding hydrogens is 218 g/mol. The lowest BCUT2D eigenvalue weighted by molar-refractivity contribution is 0.403. The topological polar surface area (TPSA) is 81.9 Å². The summed E-state index contributed by atoms with van der Waals surface area (Å²) in [5.41, 5.74) is 3.84. The Morgan fingerprint density at radius 3 is 3.00 bits per heavy atom. The largest absolute Gasteiger partial charge is 0.467 e. The predicted octanol–water partition coefficient (Wildman–Crippen LogP) is 0.947. The van der Waals surface area contributed by atoms with Crippen molar-refractivity contribution in [1.29, 1.82) is 0 Å². The Labute approximate surface area is 99.8 Å². The van der Waals surface area contributed by atoms with Gasteiger partial charge in [0.05, 0.1) is 12.3 Å². The smallest absolute Gasteiger partial charge is 0.138 e. The van der Waals surface area contributed by atoms with E-state index in [9.17, 15) is 0 Å². The van der Waals surface area contributed by atoms with Crippen LogP contribution >= 0.6 is 0 Å². The minimum atomic E-state index is -0.0838. The first-order chi connectivity index (χ1) is 8.26. The summed E-state index contributed by atoms with van der Waals surface area (Å²) in [5, 5.41) is 4.13. The van der Waals surface area contributed by atoms with E-state index >= 15 is 0 Å². The van der Waals surface area contributed by atoms with Crippen LogP contribution in [0.2, 0.25) is 0 Å². The van der Waals surface area contributed by atoms with Crippen LogP contribution in [-0.2, 0) is 13.0 Å². The highest BCUT2D eigenvalue weighted by Gasteiger charge is 2.18. The molecule has 0 aliphatic rings. The quantitative estimate of drug-likeness (QED) is 0.595. The molecule has 0 fully saturated rings. The van der Waals surface area contributed by atoms with E-state index in [2.05, 4.69) is 15.5 Å². The SMILES string of the molecule is CCn1ncnc1CC(NN)c1occc1C. The third-order valence-electron chi connectivity index (χ3n) is 2.80. The van der Waals surface area contributed by atoms with Crippen molar-refractivity contribution in [1.82, 2.24) is 20.2 Å². The van der Waals surface area contributed by atoms with Crippen LogP contribution in [0.5, 0.6) is 0 Å². The maximum absolute atomic E-state index is 5.57. The fraction of sp³-hybridized carbons (Fsp3) is 0.455. The van der Waals surface area contributed by atoms with E-state index in [4.69, 9.17) is 10.3 Å². The van der Waals surface area contributed by atoms with Gasteiger partial charge in [-0.3, -0.25) is 10.5 Å². The highest BCUT2D eigenvalue weighted by Crippen LogP contribution is 2.21. The average molecular weight is 235 g/mol. The monoisotopic (exact) mass is 235 g/mol. The number of aryl methyl sites for hydroxylation is 2. The van der Waals surface area contributed by atoms with Gasteiger partial charge in [0.2, 0.25) is 0 Å². The summed E-state index contributed by atoms with van der Waals surface area (Å²) < 4.78 is 7.29. The minimum Gasteiger partial charge on any atom is -0.467 e. The van der Waals surface area contributed by atoms with Gasteiger partial charge >= 0.3 is 0 Å². The molecule has 0 aliphatic carbocycles. The maximum Gasteiger partial charge on any atom is 0.138 e. The number of aromatic nitrogens is 3. The minimum absolute atomic E-state index is 0.0838. The Balaban J connectivity index is 2.19. The van der Waals surface area contributed by atoms with Gasteiger partial charge in [0.15, 0.2) is 0 Å². The van der Waals surface area contributed by atoms with Crippen LogP contribution in [-0.4, -0.2) is 14.8 Å². The molecule has 1 atom stereocenters. The van der Waals surface area contributed by atoms with Crippen LogP contribution in [0.25, 0.3) is 0 Å². The molecule has 2 heterocycles. The van der Waals surface area contributed by atoms with E-state index in [0.29, 0.717) is 6.42 Å². The van der Waals surface area contributed by atoms with Gasteiger partial charge in [-0.05, 0) is 25.5 Å². The summed E-state index contributed by atoms with van der Waals surface area (Å²) in [6.45, 7) is 4.82. The second kappa shape index (κ2) is 5.11. The number of hydrogen-bond acceptors (Lipinski definition) is 5. The van der Waals surface area contributed by atoms with Crippen molar-refractivity contribution in [2.24, 2.45) is 5.84 Å². The lowest BCUT2D eigenvalue weighted by atomic mass is 10.1. The van der Waals surface area contributed by atoms with Gasteiger partial charge in [-0.1, -0.05) is 0 Å². The van der Waals surface area contributed by atoms with Crippen molar-refractivity contribution in [3.05, 3.63) is 35.8 Å². The van der Waals surface area contributed by atoms with Crippen LogP contribution in [0.4, 0.5) is 0 Å². The number of rotatable bonds is 5. The van der Waals surface area contributed by atoms with Gasteiger partial charge in [0, 0.05) is 13.0 Å². The first kappa shape index (κ1) is 11.8. The lowest BCUT2D eigenvalue weighted by Gasteiger charge is -2.14. The fourth-order valence-corrected chi connectivity index (χ4v) is 1.86. The highest BCUT2D eigenvalue weighted by atomic mass is 16.3. The predicted molar refractivity (Wildman–Crippen MR) is 62.9 cm³/mol. The van der Waals surface area contributed by atoms with E-state index in [1.165, 1.54) is 0 Å². The number of nitrogens with one attached hydrogen (secondary N) is 1. The molecule has 0 amide bonds. The zero-order valence-corrected chi connectivity index (χ0v) is 10.1.